The van der Waals surface area contributed by atoms with E-state index in [4.69, 9.17) is 0 Å². The van der Waals surface area contributed by atoms with Gasteiger partial charge in [0.05, 0.1) is 12.1 Å². The number of nitrogens with zero attached hydrogens (tertiary/aromatic N) is 2. The van der Waals surface area contributed by atoms with E-state index in [1.807, 2.05) is 43.3 Å². The maximum absolute atomic E-state index is 13.4. The van der Waals surface area contributed by atoms with Gasteiger partial charge in [-0.1, -0.05) is 48.0 Å². The number of anilines is 1. The maximum Gasteiger partial charge on any atom is 0.257 e. The Bertz CT molecular complexity index is 1150. The van der Waals surface area contributed by atoms with Crippen molar-refractivity contribution in [1.29, 1.82) is 0 Å². The summed E-state index contributed by atoms with van der Waals surface area (Å²) in [5.41, 5.74) is 2.73. The van der Waals surface area contributed by atoms with Crippen LogP contribution in [0, 0.1) is 12.7 Å². The number of halogens is 1. The zero-order valence-electron chi connectivity index (χ0n) is 17.7. The molecular weight excluding hydrogens is 407 g/mol. The fraction of sp³-hybridized carbons (Fsp3) is 0.192. The number of rotatable bonds is 6. The lowest BCUT2D eigenvalue weighted by Gasteiger charge is -2.28. The summed E-state index contributed by atoms with van der Waals surface area (Å²) in [6, 6.07) is 21.1. The lowest BCUT2D eigenvalue weighted by Crippen LogP contribution is -2.46. The summed E-state index contributed by atoms with van der Waals surface area (Å²) in [6.07, 6.45) is 0.440. The maximum atomic E-state index is 13.4. The minimum absolute atomic E-state index is 0.109. The molecule has 0 N–H and O–H groups in total. The third kappa shape index (κ3) is 4.44. The lowest BCUT2D eigenvalue weighted by molar-refractivity contribution is -0.122. The summed E-state index contributed by atoms with van der Waals surface area (Å²) in [5.74, 6) is -1.63. The first kappa shape index (κ1) is 21.4. The van der Waals surface area contributed by atoms with Gasteiger partial charge in [-0.25, -0.2) is 9.29 Å². The van der Waals surface area contributed by atoms with Gasteiger partial charge in [0.2, 0.25) is 5.91 Å². The van der Waals surface area contributed by atoms with Crippen LogP contribution in [-0.2, 0) is 16.0 Å². The van der Waals surface area contributed by atoms with Gasteiger partial charge < -0.3 is 4.90 Å². The Morgan fingerprint density at radius 3 is 2.41 bits per heavy atom. The highest BCUT2D eigenvalue weighted by Crippen LogP contribution is 2.27. The number of hydrogen-bond acceptors (Lipinski definition) is 3. The molecule has 3 aromatic rings. The molecule has 1 atom stereocenters. The lowest BCUT2D eigenvalue weighted by atomic mass is 10.1. The van der Waals surface area contributed by atoms with E-state index < -0.39 is 23.7 Å². The van der Waals surface area contributed by atoms with Crippen molar-refractivity contribution < 1.29 is 18.8 Å². The summed E-state index contributed by atoms with van der Waals surface area (Å²) in [6.45, 7) is 2.18. The molecule has 1 unspecified atom stereocenters. The summed E-state index contributed by atoms with van der Waals surface area (Å²) in [4.78, 5) is 42.0. The fourth-order valence-electron chi connectivity index (χ4n) is 3.96. The second-order valence-corrected chi connectivity index (χ2v) is 7.87. The van der Waals surface area contributed by atoms with Crippen LogP contribution in [0.25, 0.3) is 0 Å². The van der Waals surface area contributed by atoms with Crippen LogP contribution in [0.1, 0.15) is 27.9 Å². The molecule has 1 aliphatic heterocycles. The SMILES string of the molecule is Cc1cccc(C(=O)N(CCc2ccccc2)C2CC(=O)N(c3ccc(F)cc3)C2=O)c1. The van der Waals surface area contributed by atoms with Crippen LogP contribution in [0.4, 0.5) is 10.1 Å². The zero-order chi connectivity index (χ0) is 22.7. The van der Waals surface area contributed by atoms with Crippen molar-refractivity contribution >= 4 is 23.4 Å². The van der Waals surface area contributed by atoms with Gasteiger partial charge in [0.15, 0.2) is 0 Å². The van der Waals surface area contributed by atoms with Gasteiger partial charge in [-0.3, -0.25) is 14.4 Å². The number of carbonyl (C=O) groups is 3. The summed E-state index contributed by atoms with van der Waals surface area (Å²) in [5, 5.41) is 0. The Kier molecular flexibility index (Phi) is 6.12. The van der Waals surface area contributed by atoms with Gasteiger partial charge >= 0.3 is 0 Å². The average Bonchev–Trinajstić information content (AvgIpc) is 3.09. The van der Waals surface area contributed by atoms with Crippen molar-refractivity contribution in [2.45, 2.75) is 25.8 Å². The smallest absolute Gasteiger partial charge is 0.257 e. The van der Waals surface area contributed by atoms with Gasteiger partial charge in [0.25, 0.3) is 11.8 Å². The number of hydrogen-bond donors (Lipinski definition) is 0. The Morgan fingerprint density at radius 1 is 1.00 bits per heavy atom. The van der Waals surface area contributed by atoms with E-state index in [1.54, 1.807) is 18.2 Å². The molecule has 3 aromatic carbocycles. The zero-order valence-corrected chi connectivity index (χ0v) is 17.7. The van der Waals surface area contributed by atoms with Gasteiger partial charge in [-0.15, -0.1) is 0 Å². The van der Waals surface area contributed by atoms with Crippen molar-refractivity contribution in [3.63, 3.8) is 0 Å². The minimum atomic E-state index is -0.913. The topological polar surface area (TPSA) is 57.7 Å². The number of imide groups is 1. The first-order valence-corrected chi connectivity index (χ1v) is 10.5. The van der Waals surface area contributed by atoms with E-state index >= 15 is 0 Å². The van der Waals surface area contributed by atoms with Gasteiger partial charge in [-0.05, 0) is 55.3 Å². The van der Waals surface area contributed by atoms with E-state index in [9.17, 15) is 18.8 Å². The predicted octanol–water partition coefficient (Wildman–Crippen LogP) is 4.15. The van der Waals surface area contributed by atoms with Crippen LogP contribution in [-0.4, -0.2) is 35.2 Å². The molecule has 1 saturated heterocycles. The van der Waals surface area contributed by atoms with Crippen LogP contribution in [0.3, 0.4) is 0 Å². The van der Waals surface area contributed by atoms with Crippen LogP contribution >= 0.6 is 0 Å². The molecule has 0 saturated carbocycles. The molecule has 4 rings (SSSR count). The van der Waals surface area contributed by atoms with Gasteiger partial charge in [0, 0.05) is 12.1 Å². The molecule has 0 spiro atoms. The Hall–Kier alpha value is -3.80. The van der Waals surface area contributed by atoms with Crippen molar-refractivity contribution in [3.8, 4) is 0 Å². The fourth-order valence-corrected chi connectivity index (χ4v) is 3.96. The molecule has 0 aromatic heterocycles. The quantitative estimate of drug-likeness (QED) is 0.552. The third-order valence-corrected chi connectivity index (χ3v) is 5.59. The van der Waals surface area contributed by atoms with Crippen molar-refractivity contribution in [2.75, 3.05) is 11.4 Å². The highest BCUT2D eigenvalue weighted by Gasteiger charge is 2.44. The van der Waals surface area contributed by atoms with Crippen molar-refractivity contribution in [3.05, 3.63) is 101 Å². The van der Waals surface area contributed by atoms with Gasteiger partial charge in [-0.2, -0.15) is 0 Å². The van der Waals surface area contributed by atoms with Crippen LogP contribution in [0.2, 0.25) is 0 Å². The third-order valence-electron chi connectivity index (χ3n) is 5.59. The first-order chi connectivity index (χ1) is 15.4. The highest BCUT2D eigenvalue weighted by atomic mass is 19.1. The Labute approximate surface area is 186 Å². The van der Waals surface area contributed by atoms with Gasteiger partial charge in [0.1, 0.15) is 11.9 Å². The largest absolute Gasteiger partial charge is 0.326 e. The summed E-state index contributed by atoms with van der Waals surface area (Å²) in [7, 11) is 0. The molecule has 5 nitrogen and oxygen atoms in total. The second-order valence-electron chi connectivity index (χ2n) is 7.87. The van der Waals surface area contributed by atoms with Crippen LogP contribution < -0.4 is 4.90 Å². The normalized spacial score (nSPS) is 15.8. The molecule has 6 heteroatoms. The molecule has 1 heterocycles. The highest BCUT2D eigenvalue weighted by molar-refractivity contribution is 6.23. The number of amides is 3. The molecular formula is C26H23FN2O3. The summed E-state index contributed by atoms with van der Waals surface area (Å²) >= 11 is 0. The molecule has 3 amide bonds. The first-order valence-electron chi connectivity index (χ1n) is 10.5. The van der Waals surface area contributed by atoms with E-state index in [0.717, 1.165) is 16.0 Å². The number of aryl methyl sites for hydroxylation is 1. The van der Waals surface area contributed by atoms with Crippen LogP contribution in [0.5, 0.6) is 0 Å². The molecule has 1 fully saturated rings. The standard InChI is InChI=1S/C26H23FN2O3/c1-18-6-5-9-20(16-18)25(31)28(15-14-19-7-3-2-4-8-19)23-17-24(30)29(26(23)32)22-12-10-21(27)11-13-22/h2-13,16,23H,14-15,17H2,1H3. The molecule has 162 valence electrons. The average molecular weight is 430 g/mol. The monoisotopic (exact) mass is 430 g/mol. The number of benzene rings is 3. The van der Waals surface area contributed by atoms with Crippen LogP contribution in [0.15, 0.2) is 78.9 Å². The molecule has 32 heavy (non-hydrogen) atoms. The second kappa shape index (κ2) is 9.14. The molecule has 1 aliphatic rings. The predicted molar refractivity (Wildman–Crippen MR) is 120 cm³/mol. The van der Waals surface area contributed by atoms with E-state index in [2.05, 4.69) is 0 Å². The Morgan fingerprint density at radius 2 is 1.72 bits per heavy atom. The van der Waals surface area contributed by atoms with Crippen molar-refractivity contribution in [1.82, 2.24) is 4.90 Å². The van der Waals surface area contributed by atoms with Crippen molar-refractivity contribution in [2.24, 2.45) is 0 Å². The van der Waals surface area contributed by atoms with E-state index in [-0.39, 0.29) is 18.9 Å². The Balaban J connectivity index is 1.64. The van der Waals surface area contributed by atoms with E-state index in [0.29, 0.717) is 17.7 Å². The molecule has 0 radical (unpaired) electrons. The number of carbonyl (C=O) groups excluding carboxylic acids is 3. The molecule has 0 bridgehead atoms. The van der Waals surface area contributed by atoms with E-state index in [1.165, 1.54) is 29.2 Å². The molecule has 0 aliphatic carbocycles. The summed E-state index contributed by atoms with van der Waals surface area (Å²) < 4.78 is 13.3. The minimum Gasteiger partial charge on any atom is -0.326 e.